The minimum atomic E-state index is -0.125. The molecule has 1 N–H and O–H groups in total. The Morgan fingerprint density at radius 3 is 2.27 bits per heavy atom. The number of nitrogens with zero attached hydrogens (tertiary/aromatic N) is 1. The zero-order valence-electron chi connectivity index (χ0n) is 19.1. The SMILES string of the molecule is CC(=O)/C=C(/C)O.CC1(C)c2c(ccnc2-c2[c-]cccc2)-c2ccc3ccccc3c21.[Ir]. The third-order valence-corrected chi connectivity index (χ3v) is 5.80. The van der Waals surface area contributed by atoms with Gasteiger partial charge in [-0.25, -0.2) is 0 Å². The molecule has 0 spiro atoms. The Kier molecular flexibility index (Phi) is 7.31. The standard InChI is InChI=1S/C24H18N.C5H8O2.Ir/c1-24(2)21-18-11-7-6-8-16(18)12-13-19(21)20-14-15-25-23(22(20)24)17-9-4-3-5-10-17;1-4(6)3-5(2)7;/h3-9,11-15H,1-2H3;3,6H,1-2H3;/q-1;;/b;4-3-;. The van der Waals surface area contributed by atoms with E-state index in [1.54, 1.807) is 0 Å². The molecule has 0 aliphatic heterocycles. The van der Waals surface area contributed by atoms with Gasteiger partial charge in [-0.2, -0.15) is 0 Å². The number of hydrogen-bond acceptors (Lipinski definition) is 3. The number of aliphatic hydroxyl groups excluding tert-OH is 1. The number of hydrogen-bond donors (Lipinski definition) is 1. The van der Waals surface area contributed by atoms with Crippen molar-refractivity contribution in [3.8, 4) is 22.4 Å². The van der Waals surface area contributed by atoms with E-state index >= 15 is 0 Å². The normalized spacial score (nSPS) is 13.3. The molecule has 4 heteroatoms. The summed E-state index contributed by atoms with van der Waals surface area (Å²) in [4.78, 5) is 14.8. The van der Waals surface area contributed by atoms with Crippen LogP contribution in [0.3, 0.4) is 0 Å². The number of aliphatic hydroxyl groups is 1. The Balaban J connectivity index is 0.000000337. The minimum absolute atomic E-state index is 0. The number of fused-ring (bicyclic) bond motifs is 5. The molecule has 3 aromatic carbocycles. The van der Waals surface area contributed by atoms with Gasteiger partial charge in [-0.1, -0.05) is 50.2 Å². The predicted molar refractivity (Wildman–Crippen MR) is 131 cm³/mol. The van der Waals surface area contributed by atoms with Crippen molar-refractivity contribution in [1.29, 1.82) is 0 Å². The summed E-state index contributed by atoms with van der Waals surface area (Å²) in [5.74, 6) is -0.0625. The smallest absolute Gasteiger partial charge is 0.155 e. The van der Waals surface area contributed by atoms with Gasteiger partial charge in [-0.3, -0.25) is 4.79 Å². The fraction of sp³-hybridized carbons (Fsp3) is 0.172. The number of benzene rings is 3. The molecule has 0 saturated heterocycles. The quantitative estimate of drug-likeness (QED) is 0.150. The van der Waals surface area contributed by atoms with Gasteiger partial charge in [0.1, 0.15) is 0 Å². The molecule has 3 nitrogen and oxygen atoms in total. The van der Waals surface area contributed by atoms with Crippen LogP contribution in [-0.2, 0) is 30.3 Å². The van der Waals surface area contributed by atoms with Gasteiger partial charge >= 0.3 is 0 Å². The molecule has 169 valence electrons. The zero-order valence-corrected chi connectivity index (χ0v) is 21.5. The molecule has 4 aromatic rings. The molecule has 0 saturated carbocycles. The van der Waals surface area contributed by atoms with Crippen LogP contribution in [0.4, 0.5) is 0 Å². The summed E-state index contributed by atoms with van der Waals surface area (Å²) in [6.45, 7) is 7.48. The first-order valence-electron chi connectivity index (χ1n) is 10.7. The van der Waals surface area contributed by atoms with E-state index in [1.165, 1.54) is 52.9 Å². The number of ketones is 1. The first-order chi connectivity index (χ1) is 15.3. The Labute approximate surface area is 208 Å². The second-order valence-corrected chi connectivity index (χ2v) is 8.59. The average molecular weight is 613 g/mol. The van der Waals surface area contributed by atoms with Gasteiger partial charge in [0.2, 0.25) is 0 Å². The van der Waals surface area contributed by atoms with Crippen LogP contribution in [0.2, 0.25) is 0 Å². The van der Waals surface area contributed by atoms with Crippen molar-refractivity contribution in [2.24, 2.45) is 0 Å². The van der Waals surface area contributed by atoms with Crippen LogP contribution in [0.5, 0.6) is 0 Å². The van der Waals surface area contributed by atoms with Gasteiger partial charge < -0.3 is 10.1 Å². The summed E-state index contributed by atoms with van der Waals surface area (Å²) < 4.78 is 0. The summed E-state index contributed by atoms with van der Waals surface area (Å²) in [6.07, 6.45) is 3.09. The van der Waals surface area contributed by atoms with E-state index in [4.69, 9.17) is 10.1 Å². The Hall–Kier alpha value is -3.07. The Morgan fingerprint density at radius 1 is 0.939 bits per heavy atom. The molecule has 5 rings (SSSR count). The fourth-order valence-corrected chi connectivity index (χ4v) is 4.65. The number of carbonyl (C=O) groups is 1. The van der Waals surface area contributed by atoms with E-state index in [0.717, 1.165) is 11.3 Å². The molecule has 1 aromatic heterocycles. The number of carbonyl (C=O) groups excluding carboxylic acids is 1. The van der Waals surface area contributed by atoms with Crippen LogP contribution >= 0.6 is 0 Å². The molecular weight excluding hydrogens is 587 g/mol. The fourth-order valence-electron chi connectivity index (χ4n) is 4.65. The van der Waals surface area contributed by atoms with Crippen molar-refractivity contribution in [2.45, 2.75) is 33.1 Å². The van der Waals surface area contributed by atoms with Crippen LogP contribution in [0.15, 0.2) is 84.8 Å². The van der Waals surface area contributed by atoms with Crippen LogP contribution in [0.1, 0.15) is 38.8 Å². The number of aromatic nitrogens is 1. The van der Waals surface area contributed by atoms with Gasteiger partial charge in [0.15, 0.2) is 5.78 Å². The number of rotatable bonds is 2. The molecule has 0 fully saturated rings. The molecule has 1 radical (unpaired) electrons. The molecule has 0 unspecified atom stereocenters. The molecule has 0 atom stereocenters. The van der Waals surface area contributed by atoms with Crippen molar-refractivity contribution >= 4 is 16.6 Å². The summed E-state index contributed by atoms with van der Waals surface area (Å²) in [7, 11) is 0. The average Bonchev–Trinajstić information content (AvgIpc) is 3.01. The zero-order chi connectivity index (χ0) is 22.9. The summed E-state index contributed by atoms with van der Waals surface area (Å²) in [6, 6.07) is 26.8. The van der Waals surface area contributed by atoms with E-state index in [2.05, 4.69) is 74.5 Å². The van der Waals surface area contributed by atoms with Crippen molar-refractivity contribution < 1.29 is 30.0 Å². The molecule has 1 aliphatic rings. The molecular formula is C29H26IrNO2-. The van der Waals surface area contributed by atoms with E-state index < -0.39 is 0 Å². The third-order valence-electron chi connectivity index (χ3n) is 5.80. The van der Waals surface area contributed by atoms with Crippen LogP contribution in [0.25, 0.3) is 33.2 Å². The number of allylic oxidation sites excluding steroid dienone is 2. The van der Waals surface area contributed by atoms with Gasteiger partial charge in [-0.05, 0) is 58.6 Å². The first kappa shape index (κ1) is 24.6. The maximum Gasteiger partial charge on any atom is 0.155 e. The molecule has 0 bridgehead atoms. The van der Waals surface area contributed by atoms with Crippen molar-refractivity contribution in [1.82, 2.24) is 4.98 Å². The van der Waals surface area contributed by atoms with E-state index in [0.29, 0.717) is 0 Å². The summed E-state index contributed by atoms with van der Waals surface area (Å²) >= 11 is 0. The topological polar surface area (TPSA) is 50.2 Å². The Morgan fingerprint density at radius 2 is 1.64 bits per heavy atom. The summed E-state index contributed by atoms with van der Waals surface area (Å²) in [5, 5.41) is 11.0. The predicted octanol–water partition coefficient (Wildman–Crippen LogP) is 7.04. The van der Waals surface area contributed by atoms with Gasteiger partial charge in [0.25, 0.3) is 0 Å². The Bertz CT molecular complexity index is 1340. The van der Waals surface area contributed by atoms with E-state index in [1.807, 2.05) is 18.3 Å². The van der Waals surface area contributed by atoms with E-state index in [9.17, 15) is 4.79 Å². The minimum Gasteiger partial charge on any atom is -0.512 e. The molecule has 0 amide bonds. The van der Waals surface area contributed by atoms with Crippen molar-refractivity contribution in [3.63, 3.8) is 0 Å². The van der Waals surface area contributed by atoms with Crippen molar-refractivity contribution in [2.75, 3.05) is 0 Å². The molecule has 1 heterocycles. The number of pyridine rings is 1. The largest absolute Gasteiger partial charge is 0.512 e. The van der Waals surface area contributed by atoms with Crippen LogP contribution in [-0.4, -0.2) is 15.9 Å². The van der Waals surface area contributed by atoms with Crippen LogP contribution in [0, 0.1) is 6.07 Å². The van der Waals surface area contributed by atoms with Crippen molar-refractivity contribution in [3.05, 3.63) is 102 Å². The van der Waals surface area contributed by atoms with E-state index in [-0.39, 0.29) is 37.1 Å². The molecule has 33 heavy (non-hydrogen) atoms. The first-order valence-corrected chi connectivity index (χ1v) is 10.7. The second-order valence-electron chi connectivity index (χ2n) is 8.59. The maximum atomic E-state index is 10.0. The summed E-state index contributed by atoms with van der Waals surface area (Å²) in [5.41, 5.74) is 7.35. The second kappa shape index (κ2) is 9.82. The third kappa shape index (κ3) is 4.68. The van der Waals surface area contributed by atoms with Gasteiger partial charge in [0, 0.05) is 37.8 Å². The monoisotopic (exact) mass is 613 g/mol. The van der Waals surface area contributed by atoms with Gasteiger partial charge in [-0.15, -0.1) is 35.9 Å². The molecule has 1 aliphatic carbocycles. The van der Waals surface area contributed by atoms with Gasteiger partial charge in [0.05, 0.1) is 5.76 Å². The maximum absolute atomic E-state index is 10.0. The van der Waals surface area contributed by atoms with Crippen LogP contribution < -0.4 is 0 Å².